The van der Waals surface area contributed by atoms with Crippen LogP contribution in [0, 0.1) is 18.3 Å². The Hall–Kier alpha value is -0.910. The summed E-state index contributed by atoms with van der Waals surface area (Å²) in [4.78, 5) is 0.224. The molecule has 0 amide bonds. The third-order valence-electron chi connectivity index (χ3n) is 4.04. The molecule has 1 aliphatic carbocycles. The highest BCUT2D eigenvalue weighted by Gasteiger charge is 2.49. The molecule has 19 heavy (non-hydrogen) atoms. The molecule has 2 aliphatic heterocycles. The van der Waals surface area contributed by atoms with Crippen molar-refractivity contribution in [3.8, 4) is 0 Å². The number of hydrogen-bond donors (Lipinski definition) is 0. The largest absolute Gasteiger partial charge is 0.380 e. The predicted molar refractivity (Wildman–Crippen MR) is 70.3 cm³/mol. The fourth-order valence-corrected chi connectivity index (χ4v) is 3.99. The zero-order valence-corrected chi connectivity index (χ0v) is 11.8. The van der Waals surface area contributed by atoms with Crippen molar-refractivity contribution in [3.05, 3.63) is 29.8 Å². The van der Waals surface area contributed by atoms with Crippen molar-refractivity contribution in [3.63, 3.8) is 0 Å². The summed E-state index contributed by atoms with van der Waals surface area (Å²) >= 11 is 0. The molecule has 0 radical (unpaired) electrons. The van der Waals surface area contributed by atoms with Crippen molar-refractivity contribution in [2.75, 3.05) is 19.8 Å². The van der Waals surface area contributed by atoms with Gasteiger partial charge in [-0.3, -0.25) is 4.18 Å². The van der Waals surface area contributed by atoms with E-state index in [0.29, 0.717) is 12.5 Å². The molecule has 0 atom stereocenters. The monoisotopic (exact) mass is 282 g/mol. The predicted octanol–water partition coefficient (Wildman–Crippen LogP) is 2.13. The van der Waals surface area contributed by atoms with Gasteiger partial charge in [0, 0.05) is 12.0 Å². The van der Waals surface area contributed by atoms with E-state index in [0.717, 1.165) is 25.0 Å². The SMILES string of the molecule is Cc1ccc(S(=O)(=O)OCC23COCC(C2)C3)cc1. The maximum atomic E-state index is 12.1. The van der Waals surface area contributed by atoms with Crippen LogP contribution >= 0.6 is 0 Å². The molecule has 1 aromatic carbocycles. The average Bonchev–Trinajstić information content (AvgIpc) is 2.37. The Balaban J connectivity index is 1.67. The molecule has 4 nitrogen and oxygen atoms in total. The number of aryl methyl sites for hydroxylation is 1. The summed E-state index contributed by atoms with van der Waals surface area (Å²) in [5.41, 5.74) is 0.959. The number of ether oxygens (including phenoxy) is 1. The second-order valence-electron chi connectivity index (χ2n) is 5.82. The Morgan fingerprint density at radius 1 is 1.32 bits per heavy atom. The Bertz CT molecular complexity index is 550. The fourth-order valence-electron chi connectivity index (χ4n) is 2.98. The van der Waals surface area contributed by atoms with Crippen molar-refractivity contribution in [1.29, 1.82) is 0 Å². The van der Waals surface area contributed by atoms with Gasteiger partial charge in [0.05, 0.1) is 18.1 Å². The van der Waals surface area contributed by atoms with Crippen LogP contribution in [0.1, 0.15) is 18.4 Å². The molecular formula is C14H18O4S. The van der Waals surface area contributed by atoms with Gasteiger partial charge in [-0.1, -0.05) is 17.7 Å². The summed E-state index contributed by atoms with van der Waals surface area (Å²) < 4.78 is 34.8. The standard InChI is InChI=1S/C14H18O4S/c1-11-2-4-13(5-3-11)19(15,16)18-10-14-6-12(7-14)8-17-9-14/h2-5,12H,6-10H2,1H3. The lowest BCUT2D eigenvalue weighted by atomic mass is 9.61. The van der Waals surface area contributed by atoms with Gasteiger partial charge in [0.1, 0.15) is 0 Å². The minimum Gasteiger partial charge on any atom is -0.380 e. The minimum absolute atomic E-state index is 0.0688. The third kappa shape index (κ3) is 2.55. The van der Waals surface area contributed by atoms with Crippen molar-refractivity contribution >= 4 is 10.1 Å². The van der Waals surface area contributed by atoms with Crippen LogP contribution in [0.5, 0.6) is 0 Å². The van der Waals surface area contributed by atoms with E-state index in [2.05, 4.69) is 0 Å². The Morgan fingerprint density at radius 3 is 2.58 bits per heavy atom. The second-order valence-corrected chi connectivity index (χ2v) is 7.43. The maximum absolute atomic E-state index is 12.1. The highest BCUT2D eigenvalue weighted by atomic mass is 32.2. The van der Waals surface area contributed by atoms with Crippen LogP contribution in [0.4, 0.5) is 0 Å². The van der Waals surface area contributed by atoms with Crippen LogP contribution in [-0.2, 0) is 19.0 Å². The first-order valence-corrected chi connectivity index (χ1v) is 7.94. The van der Waals surface area contributed by atoms with Crippen LogP contribution in [0.3, 0.4) is 0 Å². The first kappa shape index (κ1) is 13.1. The van der Waals surface area contributed by atoms with Crippen molar-refractivity contribution in [1.82, 2.24) is 0 Å². The van der Waals surface area contributed by atoms with Gasteiger partial charge in [-0.15, -0.1) is 0 Å². The van der Waals surface area contributed by atoms with Gasteiger partial charge in [-0.2, -0.15) is 8.42 Å². The lowest BCUT2D eigenvalue weighted by molar-refractivity contribution is -0.146. The van der Waals surface area contributed by atoms with Crippen molar-refractivity contribution in [2.45, 2.75) is 24.7 Å². The molecule has 3 fully saturated rings. The van der Waals surface area contributed by atoms with E-state index in [9.17, 15) is 8.42 Å². The third-order valence-corrected chi connectivity index (χ3v) is 5.31. The lowest BCUT2D eigenvalue weighted by Crippen LogP contribution is -2.51. The number of fused-ring (bicyclic) bond motifs is 2. The number of benzene rings is 1. The summed E-state index contributed by atoms with van der Waals surface area (Å²) in [6.45, 7) is 3.59. The van der Waals surface area contributed by atoms with E-state index in [1.54, 1.807) is 24.3 Å². The molecule has 0 N–H and O–H groups in total. The highest BCUT2D eigenvalue weighted by Crippen LogP contribution is 2.49. The molecule has 4 rings (SSSR count). The molecule has 5 heteroatoms. The van der Waals surface area contributed by atoms with E-state index in [-0.39, 0.29) is 16.9 Å². The first-order valence-electron chi connectivity index (χ1n) is 6.53. The zero-order chi connectivity index (χ0) is 13.5. The van der Waals surface area contributed by atoms with Crippen LogP contribution < -0.4 is 0 Å². The van der Waals surface area contributed by atoms with Crippen LogP contribution in [0.15, 0.2) is 29.2 Å². The summed E-state index contributed by atoms with van der Waals surface area (Å²) in [7, 11) is -3.65. The van der Waals surface area contributed by atoms with Gasteiger partial charge in [0.25, 0.3) is 10.1 Å². The average molecular weight is 282 g/mol. The van der Waals surface area contributed by atoms with Crippen LogP contribution in [0.25, 0.3) is 0 Å². The molecule has 2 heterocycles. The molecule has 2 saturated heterocycles. The van der Waals surface area contributed by atoms with E-state index < -0.39 is 10.1 Å². The van der Waals surface area contributed by atoms with E-state index in [1.165, 1.54) is 0 Å². The molecule has 104 valence electrons. The molecule has 2 bridgehead atoms. The summed E-state index contributed by atoms with van der Waals surface area (Å²) in [5.74, 6) is 0.597. The molecule has 0 aromatic heterocycles. The van der Waals surface area contributed by atoms with Gasteiger partial charge in [0.15, 0.2) is 0 Å². The fraction of sp³-hybridized carbons (Fsp3) is 0.571. The quantitative estimate of drug-likeness (QED) is 0.794. The van der Waals surface area contributed by atoms with Gasteiger partial charge in [-0.25, -0.2) is 0 Å². The van der Waals surface area contributed by atoms with E-state index in [4.69, 9.17) is 8.92 Å². The Morgan fingerprint density at radius 2 is 2.00 bits per heavy atom. The summed E-state index contributed by atoms with van der Waals surface area (Å²) in [6.07, 6.45) is 2.05. The van der Waals surface area contributed by atoms with Gasteiger partial charge < -0.3 is 4.74 Å². The molecule has 1 aromatic rings. The Kier molecular flexibility index (Phi) is 3.15. The lowest BCUT2D eigenvalue weighted by Gasteiger charge is -2.51. The zero-order valence-electron chi connectivity index (χ0n) is 11.0. The first-order chi connectivity index (χ1) is 8.99. The molecule has 1 saturated carbocycles. The van der Waals surface area contributed by atoms with Crippen LogP contribution in [-0.4, -0.2) is 28.2 Å². The van der Waals surface area contributed by atoms with E-state index >= 15 is 0 Å². The topological polar surface area (TPSA) is 52.6 Å². The molecule has 3 aliphatic rings. The molecular weight excluding hydrogens is 264 g/mol. The summed E-state index contributed by atoms with van der Waals surface area (Å²) in [5, 5.41) is 0. The molecule has 0 unspecified atom stereocenters. The maximum Gasteiger partial charge on any atom is 0.296 e. The summed E-state index contributed by atoms with van der Waals surface area (Å²) in [6, 6.07) is 6.72. The van der Waals surface area contributed by atoms with Gasteiger partial charge in [-0.05, 0) is 37.8 Å². The second kappa shape index (κ2) is 4.58. The highest BCUT2D eigenvalue weighted by molar-refractivity contribution is 7.86. The number of hydrogen-bond acceptors (Lipinski definition) is 4. The van der Waals surface area contributed by atoms with Crippen molar-refractivity contribution < 1.29 is 17.3 Å². The smallest absolute Gasteiger partial charge is 0.296 e. The Labute approximate surface area is 113 Å². The van der Waals surface area contributed by atoms with Crippen molar-refractivity contribution in [2.24, 2.45) is 11.3 Å². The van der Waals surface area contributed by atoms with Gasteiger partial charge >= 0.3 is 0 Å². The van der Waals surface area contributed by atoms with E-state index in [1.807, 2.05) is 6.92 Å². The molecule has 0 spiro atoms. The van der Waals surface area contributed by atoms with Crippen LogP contribution in [0.2, 0.25) is 0 Å². The normalized spacial score (nSPS) is 29.8. The van der Waals surface area contributed by atoms with Gasteiger partial charge in [0.2, 0.25) is 0 Å². The number of rotatable bonds is 4. The minimum atomic E-state index is -3.65.